The van der Waals surface area contributed by atoms with Crippen molar-refractivity contribution in [1.29, 1.82) is 0 Å². The molecule has 0 aliphatic rings. The summed E-state index contributed by atoms with van der Waals surface area (Å²) in [5, 5.41) is 8.45. The highest BCUT2D eigenvalue weighted by Gasteiger charge is 2.19. The van der Waals surface area contributed by atoms with E-state index in [2.05, 4.69) is 0 Å². The molecule has 0 amide bonds. The third-order valence-electron chi connectivity index (χ3n) is 2.94. The standard InChI is InChI=1S/C16H21NO6/c1-11(10-22-15(20)8-7-14(18)19)23-16(21)13(17)9-12-5-3-2-4-6-12/h2-6,11,13H,7-10,17H2,1H3,(H,18,19)/t11?,13-/m0/s1. The summed E-state index contributed by atoms with van der Waals surface area (Å²) in [5.41, 5.74) is 6.71. The van der Waals surface area contributed by atoms with E-state index in [9.17, 15) is 14.4 Å². The number of rotatable bonds is 9. The Morgan fingerprint density at radius 1 is 1.17 bits per heavy atom. The molecule has 0 heterocycles. The summed E-state index contributed by atoms with van der Waals surface area (Å²) in [6.07, 6.45) is -0.818. The molecule has 0 aliphatic carbocycles. The van der Waals surface area contributed by atoms with Crippen LogP contribution in [0.2, 0.25) is 0 Å². The van der Waals surface area contributed by atoms with Crippen molar-refractivity contribution in [3.63, 3.8) is 0 Å². The van der Waals surface area contributed by atoms with Gasteiger partial charge in [-0.15, -0.1) is 0 Å². The molecule has 0 bridgehead atoms. The molecule has 0 radical (unpaired) electrons. The number of aliphatic carboxylic acids is 1. The van der Waals surface area contributed by atoms with E-state index in [-0.39, 0.29) is 19.4 Å². The summed E-state index contributed by atoms with van der Waals surface area (Å²) in [6.45, 7) is 1.43. The largest absolute Gasteiger partial charge is 0.481 e. The van der Waals surface area contributed by atoms with Crippen LogP contribution in [0, 0.1) is 0 Å². The van der Waals surface area contributed by atoms with Gasteiger partial charge in [-0.05, 0) is 18.9 Å². The molecule has 7 nitrogen and oxygen atoms in total. The van der Waals surface area contributed by atoms with Gasteiger partial charge in [-0.25, -0.2) is 0 Å². The van der Waals surface area contributed by atoms with Gasteiger partial charge in [0.25, 0.3) is 0 Å². The van der Waals surface area contributed by atoms with Gasteiger partial charge in [0.05, 0.1) is 12.8 Å². The van der Waals surface area contributed by atoms with Gasteiger partial charge in [-0.2, -0.15) is 0 Å². The highest BCUT2D eigenvalue weighted by Crippen LogP contribution is 2.05. The van der Waals surface area contributed by atoms with Gasteiger partial charge >= 0.3 is 17.9 Å². The minimum atomic E-state index is -1.08. The van der Waals surface area contributed by atoms with Crippen molar-refractivity contribution < 1.29 is 29.0 Å². The van der Waals surface area contributed by atoms with Gasteiger partial charge in [0.1, 0.15) is 18.8 Å². The molecule has 0 spiro atoms. The lowest BCUT2D eigenvalue weighted by atomic mass is 10.1. The van der Waals surface area contributed by atoms with E-state index in [1.165, 1.54) is 0 Å². The molecule has 1 aromatic rings. The highest BCUT2D eigenvalue weighted by atomic mass is 16.6. The zero-order valence-corrected chi connectivity index (χ0v) is 12.9. The van der Waals surface area contributed by atoms with E-state index in [0.29, 0.717) is 6.42 Å². The van der Waals surface area contributed by atoms with Gasteiger partial charge in [-0.3, -0.25) is 14.4 Å². The van der Waals surface area contributed by atoms with E-state index in [0.717, 1.165) is 5.56 Å². The molecule has 1 aromatic carbocycles. The first-order valence-electron chi connectivity index (χ1n) is 7.26. The third kappa shape index (κ3) is 7.96. The van der Waals surface area contributed by atoms with Crippen molar-refractivity contribution in [2.24, 2.45) is 5.73 Å². The molecule has 0 saturated carbocycles. The van der Waals surface area contributed by atoms with Crippen LogP contribution in [-0.2, 0) is 30.3 Å². The van der Waals surface area contributed by atoms with E-state index in [1.807, 2.05) is 30.3 Å². The number of ether oxygens (including phenoxy) is 2. The van der Waals surface area contributed by atoms with Crippen LogP contribution < -0.4 is 5.73 Å². The van der Waals surface area contributed by atoms with Gasteiger partial charge in [-0.1, -0.05) is 30.3 Å². The molecular formula is C16H21NO6. The van der Waals surface area contributed by atoms with Crippen LogP contribution in [0.4, 0.5) is 0 Å². The van der Waals surface area contributed by atoms with Crippen molar-refractivity contribution in [1.82, 2.24) is 0 Å². The van der Waals surface area contributed by atoms with E-state index < -0.39 is 30.1 Å². The Bertz CT molecular complexity index is 531. The summed E-state index contributed by atoms with van der Waals surface area (Å²) in [6, 6.07) is 8.50. The normalized spacial score (nSPS) is 13.0. The Kier molecular flexibility index (Phi) is 7.76. The van der Waals surface area contributed by atoms with Crippen LogP contribution in [0.25, 0.3) is 0 Å². The summed E-state index contributed by atoms with van der Waals surface area (Å²) in [5.74, 6) is -2.31. The second kappa shape index (κ2) is 9.58. The quantitative estimate of drug-likeness (QED) is 0.648. The fourth-order valence-corrected chi connectivity index (χ4v) is 1.76. The molecule has 0 fully saturated rings. The Hall–Kier alpha value is -2.41. The second-order valence-corrected chi connectivity index (χ2v) is 5.12. The van der Waals surface area contributed by atoms with Crippen LogP contribution in [0.5, 0.6) is 0 Å². The first-order chi connectivity index (χ1) is 10.9. The van der Waals surface area contributed by atoms with Crippen LogP contribution in [0.3, 0.4) is 0 Å². The molecule has 1 unspecified atom stereocenters. The molecule has 23 heavy (non-hydrogen) atoms. The zero-order chi connectivity index (χ0) is 17.2. The Morgan fingerprint density at radius 2 is 1.83 bits per heavy atom. The van der Waals surface area contributed by atoms with Crippen molar-refractivity contribution in [2.45, 2.75) is 38.3 Å². The van der Waals surface area contributed by atoms with Crippen molar-refractivity contribution in [3.8, 4) is 0 Å². The number of hydrogen-bond donors (Lipinski definition) is 2. The molecular weight excluding hydrogens is 302 g/mol. The lowest BCUT2D eigenvalue weighted by molar-refractivity contribution is -0.159. The minimum Gasteiger partial charge on any atom is -0.481 e. The van der Waals surface area contributed by atoms with Crippen LogP contribution in [0.15, 0.2) is 30.3 Å². The maximum Gasteiger partial charge on any atom is 0.323 e. The van der Waals surface area contributed by atoms with Crippen molar-refractivity contribution in [3.05, 3.63) is 35.9 Å². The predicted molar refractivity (Wildman–Crippen MR) is 81.5 cm³/mol. The Balaban J connectivity index is 2.29. The topological polar surface area (TPSA) is 116 Å². The lowest BCUT2D eigenvalue weighted by Gasteiger charge is -2.17. The molecule has 7 heteroatoms. The maximum absolute atomic E-state index is 11.9. The first-order valence-corrected chi connectivity index (χ1v) is 7.26. The molecule has 1 rings (SSSR count). The molecule has 3 N–H and O–H groups in total. The average molecular weight is 323 g/mol. The van der Waals surface area contributed by atoms with Crippen LogP contribution in [0.1, 0.15) is 25.3 Å². The zero-order valence-electron chi connectivity index (χ0n) is 12.9. The monoisotopic (exact) mass is 323 g/mol. The van der Waals surface area contributed by atoms with E-state index in [1.54, 1.807) is 6.92 Å². The smallest absolute Gasteiger partial charge is 0.323 e. The summed E-state index contributed by atoms with van der Waals surface area (Å²) in [7, 11) is 0. The number of hydrogen-bond acceptors (Lipinski definition) is 6. The number of nitrogens with two attached hydrogens (primary N) is 1. The van der Waals surface area contributed by atoms with Crippen molar-refractivity contribution >= 4 is 17.9 Å². The van der Waals surface area contributed by atoms with E-state index in [4.69, 9.17) is 20.3 Å². The first kappa shape index (κ1) is 18.6. The number of carbonyl (C=O) groups excluding carboxylic acids is 2. The fourth-order valence-electron chi connectivity index (χ4n) is 1.76. The molecule has 0 saturated heterocycles. The maximum atomic E-state index is 11.9. The van der Waals surface area contributed by atoms with Gasteiger partial charge in [0.15, 0.2) is 0 Å². The highest BCUT2D eigenvalue weighted by molar-refractivity contribution is 5.77. The van der Waals surface area contributed by atoms with Gasteiger partial charge < -0.3 is 20.3 Å². The number of carboxylic acid groups (broad SMARTS) is 1. The van der Waals surface area contributed by atoms with Crippen LogP contribution in [-0.4, -0.2) is 41.8 Å². The Morgan fingerprint density at radius 3 is 2.43 bits per heavy atom. The number of carboxylic acids is 1. The molecule has 0 aromatic heterocycles. The molecule has 0 aliphatic heterocycles. The Labute approximate surface area is 134 Å². The number of carbonyl (C=O) groups is 3. The van der Waals surface area contributed by atoms with Crippen molar-refractivity contribution in [2.75, 3.05) is 6.61 Å². The van der Waals surface area contributed by atoms with Gasteiger partial charge in [0.2, 0.25) is 0 Å². The van der Waals surface area contributed by atoms with Crippen LogP contribution >= 0.6 is 0 Å². The minimum absolute atomic E-state index is 0.137. The van der Waals surface area contributed by atoms with E-state index >= 15 is 0 Å². The average Bonchev–Trinajstić information content (AvgIpc) is 2.51. The third-order valence-corrected chi connectivity index (χ3v) is 2.94. The fraction of sp³-hybridized carbons (Fsp3) is 0.438. The van der Waals surface area contributed by atoms with Gasteiger partial charge in [0, 0.05) is 0 Å². The number of benzene rings is 1. The predicted octanol–water partition coefficient (Wildman–Crippen LogP) is 0.896. The summed E-state index contributed by atoms with van der Waals surface area (Å²) >= 11 is 0. The summed E-state index contributed by atoms with van der Waals surface area (Å²) < 4.78 is 9.94. The number of esters is 2. The lowest BCUT2D eigenvalue weighted by Crippen LogP contribution is -2.37. The summed E-state index contributed by atoms with van der Waals surface area (Å²) in [4.78, 5) is 33.4. The SMILES string of the molecule is CC(COC(=O)CCC(=O)O)OC(=O)[C@@H](N)Cc1ccccc1. The second-order valence-electron chi connectivity index (χ2n) is 5.12. The molecule has 2 atom stereocenters. The molecule has 126 valence electrons.